The van der Waals surface area contributed by atoms with Crippen LogP contribution in [0.4, 0.5) is 0 Å². The van der Waals surface area contributed by atoms with Crippen LogP contribution in [0.5, 0.6) is 0 Å². The van der Waals surface area contributed by atoms with Crippen LogP contribution in [0.2, 0.25) is 0 Å². The van der Waals surface area contributed by atoms with Crippen molar-refractivity contribution in [3.63, 3.8) is 0 Å². The van der Waals surface area contributed by atoms with E-state index in [0.29, 0.717) is 6.04 Å². The molecule has 1 nitrogen and oxygen atoms in total. The highest BCUT2D eigenvalue weighted by Gasteiger charge is 2.23. The van der Waals surface area contributed by atoms with Gasteiger partial charge in [-0.25, -0.2) is 0 Å². The Bertz CT molecular complexity index is 495. The van der Waals surface area contributed by atoms with Crippen LogP contribution >= 0.6 is 38.6 Å². The molecule has 1 unspecified atom stereocenters. The molecule has 3 heterocycles. The maximum Gasteiger partial charge on any atom is 0.0682 e. The van der Waals surface area contributed by atoms with E-state index in [1.54, 1.807) is 4.88 Å². The second-order valence-electron chi connectivity index (χ2n) is 3.99. The Morgan fingerprint density at radius 2 is 2.38 bits per heavy atom. The van der Waals surface area contributed by atoms with Crippen molar-refractivity contribution >= 4 is 38.6 Å². The van der Waals surface area contributed by atoms with Gasteiger partial charge in [-0.1, -0.05) is 0 Å². The van der Waals surface area contributed by atoms with Crippen LogP contribution in [0.25, 0.3) is 0 Å². The zero-order chi connectivity index (χ0) is 11.1. The first-order chi connectivity index (χ1) is 7.75. The molecule has 1 aliphatic rings. The number of hydrogen-bond acceptors (Lipinski definition) is 3. The first-order valence-electron chi connectivity index (χ1n) is 5.31. The summed E-state index contributed by atoms with van der Waals surface area (Å²) < 4.78 is 1.23. The van der Waals surface area contributed by atoms with Gasteiger partial charge in [0.05, 0.1) is 6.04 Å². The van der Waals surface area contributed by atoms with E-state index in [4.69, 9.17) is 0 Å². The van der Waals surface area contributed by atoms with Gasteiger partial charge in [0.15, 0.2) is 0 Å². The van der Waals surface area contributed by atoms with Crippen LogP contribution in [0.3, 0.4) is 0 Å². The van der Waals surface area contributed by atoms with Crippen molar-refractivity contribution in [2.45, 2.75) is 19.4 Å². The molecule has 2 aromatic heterocycles. The van der Waals surface area contributed by atoms with Crippen molar-refractivity contribution in [1.82, 2.24) is 5.32 Å². The summed E-state index contributed by atoms with van der Waals surface area (Å²) in [7, 11) is 0. The van der Waals surface area contributed by atoms with E-state index in [2.05, 4.69) is 45.7 Å². The summed E-state index contributed by atoms with van der Waals surface area (Å²) in [5, 5.41) is 5.82. The minimum absolute atomic E-state index is 0.407. The van der Waals surface area contributed by atoms with Crippen molar-refractivity contribution in [3.05, 3.63) is 42.2 Å². The molecule has 3 rings (SSSR count). The molecule has 0 radical (unpaired) electrons. The largest absolute Gasteiger partial charge is 0.305 e. The normalized spacial score (nSPS) is 19.8. The second-order valence-corrected chi connectivity index (χ2v) is 7.13. The highest BCUT2D eigenvalue weighted by molar-refractivity contribution is 9.10. The fourth-order valence-electron chi connectivity index (χ4n) is 2.13. The lowest BCUT2D eigenvalue weighted by Gasteiger charge is -2.23. The number of nitrogens with one attached hydrogen (secondary N) is 1. The van der Waals surface area contributed by atoms with Crippen LogP contribution in [0, 0.1) is 6.92 Å². The Hall–Kier alpha value is -0.160. The van der Waals surface area contributed by atoms with Gasteiger partial charge >= 0.3 is 0 Å². The highest BCUT2D eigenvalue weighted by Crippen LogP contribution is 2.37. The molecule has 4 heteroatoms. The molecule has 0 spiro atoms. The first-order valence-corrected chi connectivity index (χ1v) is 7.80. The van der Waals surface area contributed by atoms with E-state index >= 15 is 0 Å². The molecular weight excluding hydrogens is 302 g/mol. The van der Waals surface area contributed by atoms with Gasteiger partial charge in [0.1, 0.15) is 0 Å². The lowest BCUT2D eigenvalue weighted by Crippen LogP contribution is -2.28. The van der Waals surface area contributed by atoms with E-state index in [0.717, 1.165) is 6.54 Å². The van der Waals surface area contributed by atoms with E-state index in [9.17, 15) is 0 Å². The van der Waals surface area contributed by atoms with Crippen molar-refractivity contribution in [2.24, 2.45) is 0 Å². The van der Waals surface area contributed by atoms with Gasteiger partial charge in [0, 0.05) is 25.6 Å². The van der Waals surface area contributed by atoms with Gasteiger partial charge in [-0.15, -0.1) is 22.7 Å². The van der Waals surface area contributed by atoms with Gasteiger partial charge in [-0.05, 0) is 52.4 Å². The quantitative estimate of drug-likeness (QED) is 0.835. The molecule has 0 aliphatic carbocycles. The van der Waals surface area contributed by atoms with E-state index in [1.165, 1.54) is 26.2 Å². The maximum atomic E-state index is 3.61. The number of aryl methyl sites for hydroxylation is 1. The fraction of sp³-hybridized carbons (Fsp3) is 0.333. The lowest BCUT2D eigenvalue weighted by atomic mass is 10.0. The fourth-order valence-corrected chi connectivity index (χ4v) is 4.71. The summed E-state index contributed by atoms with van der Waals surface area (Å²) in [5.74, 6) is 0. The SMILES string of the molecule is Cc1sc(C2NCCc3sccc32)cc1Br. The Labute approximate surface area is 112 Å². The van der Waals surface area contributed by atoms with E-state index < -0.39 is 0 Å². The van der Waals surface area contributed by atoms with Gasteiger partial charge < -0.3 is 5.32 Å². The molecule has 16 heavy (non-hydrogen) atoms. The van der Waals surface area contributed by atoms with Gasteiger partial charge in [-0.3, -0.25) is 0 Å². The summed E-state index contributed by atoms with van der Waals surface area (Å²) >= 11 is 7.37. The summed E-state index contributed by atoms with van der Waals surface area (Å²) in [6, 6.07) is 4.93. The average Bonchev–Trinajstić information content (AvgIpc) is 2.85. The smallest absolute Gasteiger partial charge is 0.0682 e. The zero-order valence-corrected chi connectivity index (χ0v) is 12.1. The molecule has 0 fully saturated rings. The van der Waals surface area contributed by atoms with Gasteiger partial charge in [-0.2, -0.15) is 0 Å². The molecule has 2 aromatic rings. The minimum atomic E-state index is 0.407. The third-order valence-corrected chi connectivity index (χ3v) is 6.15. The number of rotatable bonds is 1. The Kier molecular flexibility index (Phi) is 2.92. The molecule has 1 aliphatic heterocycles. The molecule has 0 saturated carbocycles. The number of hydrogen-bond donors (Lipinski definition) is 1. The average molecular weight is 314 g/mol. The molecule has 0 bridgehead atoms. The predicted octanol–water partition coefficient (Wildman–Crippen LogP) is 4.12. The van der Waals surface area contributed by atoms with Crippen molar-refractivity contribution in [3.8, 4) is 0 Å². The lowest BCUT2D eigenvalue weighted by molar-refractivity contribution is 0.582. The van der Waals surface area contributed by atoms with Crippen molar-refractivity contribution in [1.29, 1.82) is 0 Å². The summed E-state index contributed by atoms with van der Waals surface area (Å²) in [4.78, 5) is 4.33. The van der Waals surface area contributed by atoms with Crippen LogP contribution in [-0.2, 0) is 6.42 Å². The molecule has 84 valence electrons. The minimum Gasteiger partial charge on any atom is -0.305 e. The van der Waals surface area contributed by atoms with Crippen LogP contribution in [0.1, 0.15) is 26.2 Å². The van der Waals surface area contributed by atoms with Crippen molar-refractivity contribution < 1.29 is 0 Å². The zero-order valence-electron chi connectivity index (χ0n) is 8.92. The summed E-state index contributed by atoms with van der Waals surface area (Å²) in [6.45, 7) is 3.25. The standard InChI is InChI=1S/C12H12BrNS2/c1-7-9(13)6-11(16-7)12-8-3-5-15-10(8)2-4-14-12/h3,5-6,12,14H,2,4H2,1H3. The molecule has 1 atom stereocenters. The number of halogens is 1. The van der Waals surface area contributed by atoms with Crippen LogP contribution in [-0.4, -0.2) is 6.54 Å². The van der Waals surface area contributed by atoms with E-state index in [1.807, 2.05) is 22.7 Å². The summed E-state index contributed by atoms with van der Waals surface area (Å²) in [6.07, 6.45) is 1.18. The van der Waals surface area contributed by atoms with Crippen molar-refractivity contribution in [2.75, 3.05) is 6.54 Å². The summed E-state index contributed by atoms with van der Waals surface area (Å²) in [5.41, 5.74) is 1.48. The molecule has 0 saturated heterocycles. The second kappa shape index (κ2) is 4.26. The Morgan fingerprint density at radius 3 is 3.12 bits per heavy atom. The van der Waals surface area contributed by atoms with Crippen LogP contribution < -0.4 is 5.32 Å². The number of fused-ring (bicyclic) bond motifs is 1. The Morgan fingerprint density at radius 1 is 1.50 bits per heavy atom. The monoisotopic (exact) mass is 313 g/mol. The van der Waals surface area contributed by atoms with E-state index in [-0.39, 0.29) is 0 Å². The first kappa shape index (κ1) is 11.0. The molecule has 0 aromatic carbocycles. The number of thiophene rings is 2. The predicted molar refractivity (Wildman–Crippen MR) is 74.6 cm³/mol. The van der Waals surface area contributed by atoms with Gasteiger partial charge in [0.25, 0.3) is 0 Å². The topological polar surface area (TPSA) is 12.0 Å². The van der Waals surface area contributed by atoms with Gasteiger partial charge in [0.2, 0.25) is 0 Å². The molecule has 1 N–H and O–H groups in total. The third-order valence-electron chi connectivity index (χ3n) is 2.95. The third kappa shape index (κ3) is 1.78. The van der Waals surface area contributed by atoms with Crippen LogP contribution in [0.15, 0.2) is 22.0 Å². The molecular formula is C12H12BrNS2. The highest BCUT2D eigenvalue weighted by atomic mass is 79.9. The maximum absolute atomic E-state index is 3.61. The molecule has 0 amide bonds. The Balaban J connectivity index is 2.03.